The highest BCUT2D eigenvalue weighted by atomic mass is 32.1. The molecular weight excluding hydrogens is 475 g/mol. The van der Waals surface area contributed by atoms with Gasteiger partial charge in [0, 0.05) is 64.6 Å². The molecule has 10 heteroatoms. The molecule has 36 heavy (non-hydrogen) atoms. The van der Waals surface area contributed by atoms with Crippen LogP contribution >= 0.6 is 11.3 Å². The van der Waals surface area contributed by atoms with Crippen molar-refractivity contribution in [1.82, 2.24) is 29.7 Å². The Labute approximate surface area is 214 Å². The van der Waals surface area contributed by atoms with Gasteiger partial charge in [-0.2, -0.15) is 0 Å². The Hall–Kier alpha value is -3.21. The maximum absolute atomic E-state index is 14.7. The zero-order valence-corrected chi connectivity index (χ0v) is 21.9. The number of piperazine rings is 1. The molecule has 1 aliphatic heterocycles. The van der Waals surface area contributed by atoms with Crippen LogP contribution in [-0.4, -0.2) is 76.1 Å². The number of hydrogen-bond acceptors (Lipinski definition) is 9. The fraction of sp³-hybridized carbons (Fsp3) is 0.385. The highest BCUT2D eigenvalue weighted by Crippen LogP contribution is 2.32. The summed E-state index contributed by atoms with van der Waals surface area (Å²) in [6, 6.07) is 10.2. The number of halogens is 1. The van der Waals surface area contributed by atoms with Crippen molar-refractivity contribution in [3.05, 3.63) is 54.1 Å². The van der Waals surface area contributed by atoms with E-state index in [0.717, 1.165) is 53.6 Å². The molecule has 0 unspecified atom stereocenters. The summed E-state index contributed by atoms with van der Waals surface area (Å²) in [5, 5.41) is 4.01. The van der Waals surface area contributed by atoms with Crippen molar-refractivity contribution in [2.75, 3.05) is 50.5 Å². The molecule has 0 atom stereocenters. The predicted molar refractivity (Wildman–Crippen MR) is 144 cm³/mol. The first-order chi connectivity index (χ1) is 17.4. The van der Waals surface area contributed by atoms with Crippen molar-refractivity contribution in [2.24, 2.45) is 0 Å². The topological polar surface area (TPSA) is 73.3 Å². The molecule has 0 saturated carbocycles. The molecule has 0 aliphatic carbocycles. The van der Waals surface area contributed by atoms with Crippen LogP contribution in [0, 0.1) is 5.82 Å². The minimum atomic E-state index is -0.474. The lowest BCUT2D eigenvalue weighted by molar-refractivity contribution is 0.104. The third kappa shape index (κ3) is 5.45. The van der Waals surface area contributed by atoms with E-state index in [1.54, 1.807) is 11.3 Å². The zero-order chi connectivity index (χ0) is 25.2. The van der Waals surface area contributed by atoms with Crippen molar-refractivity contribution in [1.29, 1.82) is 0 Å². The average molecular weight is 507 g/mol. The molecule has 1 N–H and O–H groups in total. The maximum atomic E-state index is 14.7. The minimum Gasteiger partial charge on any atom is -0.354 e. The summed E-state index contributed by atoms with van der Waals surface area (Å²) in [5.41, 5.74) is 2.97. The van der Waals surface area contributed by atoms with Gasteiger partial charge >= 0.3 is 0 Å². The maximum Gasteiger partial charge on any atom is 0.229 e. The van der Waals surface area contributed by atoms with Crippen LogP contribution in [0.4, 0.5) is 21.3 Å². The summed E-state index contributed by atoms with van der Waals surface area (Å²) < 4.78 is 15.7. The number of aromatic nitrogens is 4. The smallest absolute Gasteiger partial charge is 0.229 e. The molecule has 1 saturated heterocycles. The van der Waals surface area contributed by atoms with E-state index in [0.29, 0.717) is 23.4 Å². The van der Waals surface area contributed by atoms with Crippen LogP contribution in [0.1, 0.15) is 19.4 Å². The van der Waals surface area contributed by atoms with Gasteiger partial charge in [0.1, 0.15) is 11.5 Å². The van der Waals surface area contributed by atoms with E-state index in [1.807, 2.05) is 49.5 Å². The van der Waals surface area contributed by atoms with E-state index >= 15 is 0 Å². The predicted octanol–water partition coefficient (Wildman–Crippen LogP) is 4.62. The normalized spacial score (nSPS) is 15.1. The van der Waals surface area contributed by atoms with E-state index in [9.17, 15) is 4.39 Å². The highest BCUT2D eigenvalue weighted by molar-refractivity contribution is 7.22. The second-order valence-corrected chi connectivity index (χ2v) is 10.6. The molecule has 4 aromatic rings. The van der Waals surface area contributed by atoms with Gasteiger partial charge in [-0.15, -0.1) is 0 Å². The van der Waals surface area contributed by atoms with Crippen LogP contribution in [0.3, 0.4) is 0 Å². The van der Waals surface area contributed by atoms with E-state index in [1.165, 1.54) is 6.20 Å². The fourth-order valence-corrected chi connectivity index (χ4v) is 5.21. The second kappa shape index (κ2) is 10.4. The first-order valence-electron chi connectivity index (χ1n) is 12.1. The number of fused-ring (bicyclic) bond motifs is 1. The monoisotopic (exact) mass is 506 g/mol. The third-order valence-corrected chi connectivity index (χ3v) is 7.57. The molecule has 8 nitrogen and oxygen atoms in total. The lowest BCUT2D eigenvalue weighted by Gasteiger charge is -2.36. The molecule has 0 amide bonds. The average Bonchev–Trinajstić information content (AvgIpc) is 3.31. The van der Waals surface area contributed by atoms with Crippen LogP contribution in [0.2, 0.25) is 0 Å². The van der Waals surface area contributed by atoms with E-state index in [4.69, 9.17) is 0 Å². The minimum absolute atomic E-state index is 0.242. The van der Waals surface area contributed by atoms with Gasteiger partial charge in [-0.25, -0.2) is 24.3 Å². The molecule has 1 fully saturated rings. The lowest BCUT2D eigenvalue weighted by Crippen LogP contribution is -2.48. The molecule has 3 aromatic heterocycles. The zero-order valence-electron chi connectivity index (χ0n) is 21.1. The summed E-state index contributed by atoms with van der Waals surface area (Å²) in [4.78, 5) is 24.6. The quantitative estimate of drug-likeness (QED) is 0.389. The lowest BCUT2D eigenvalue weighted by atomic mass is 10.1. The summed E-state index contributed by atoms with van der Waals surface area (Å²) in [5.74, 6) is 0.447. The van der Waals surface area contributed by atoms with Gasteiger partial charge in [0.05, 0.1) is 16.4 Å². The molecule has 0 spiro atoms. The number of hydrogen-bond donors (Lipinski definition) is 1. The van der Waals surface area contributed by atoms with Gasteiger partial charge in [0.2, 0.25) is 5.95 Å². The summed E-state index contributed by atoms with van der Waals surface area (Å²) in [6.45, 7) is 9.71. The number of nitrogens with zero attached hydrogens (tertiary/aromatic N) is 7. The number of nitrogens with one attached hydrogen (secondary N) is 1. The molecule has 4 heterocycles. The highest BCUT2D eigenvalue weighted by Gasteiger charge is 2.19. The van der Waals surface area contributed by atoms with Crippen molar-refractivity contribution in [3.8, 4) is 11.3 Å². The number of anilines is 3. The van der Waals surface area contributed by atoms with E-state index in [2.05, 4.69) is 55.0 Å². The Kier molecular flexibility index (Phi) is 7.08. The van der Waals surface area contributed by atoms with Crippen molar-refractivity contribution in [2.45, 2.75) is 26.4 Å². The van der Waals surface area contributed by atoms with E-state index in [-0.39, 0.29) is 5.69 Å². The van der Waals surface area contributed by atoms with Crippen LogP contribution in [-0.2, 0) is 6.54 Å². The molecule has 5 rings (SSSR count). The first kappa shape index (κ1) is 24.5. The van der Waals surface area contributed by atoms with Crippen molar-refractivity contribution in [3.63, 3.8) is 0 Å². The van der Waals surface area contributed by atoms with Crippen LogP contribution in [0.25, 0.3) is 21.5 Å². The van der Waals surface area contributed by atoms with E-state index < -0.39 is 5.82 Å². The first-order valence-corrected chi connectivity index (χ1v) is 13.0. The molecule has 1 aromatic carbocycles. The molecular formula is C26H31FN8S. The third-order valence-electron chi connectivity index (χ3n) is 6.39. The standard InChI is InChI=1S/C26H31FN8S/c1-17(2)35-11-9-34(10-12-35)16-18-5-8-23(28-14-18)31-25-29-15-20(27)24(32-25)19-6-7-21-22(13-19)36-26(30-21)33(3)4/h5-8,13-15,17H,9-12,16H2,1-4H3,(H,28,29,31,32). The van der Waals surface area contributed by atoms with Gasteiger partial charge in [0.15, 0.2) is 10.9 Å². The van der Waals surface area contributed by atoms with Crippen molar-refractivity contribution >= 4 is 38.5 Å². The Bertz CT molecular complexity index is 1330. The van der Waals surface area contributed by atoms with Gasteiger partial charge in [-0.05, 0) is 37.6 Å². The molecule has 0 radical (unpaired) electrons. The fourth-order valence-electron chi connectivity index (χ4n) is 4.28. The molecule has 188 valence electrons. The number of rotatable bonds is 7. The van der Waals surface area contributed by atoms with Gasteiger partial charge < -0.3 is 10.2 Å². The Balaban J connectivity index is 1.27. The Morgan fingerprint density at radius 2 is 1.83 bits per heavy atom. The molecule has 0 bridgehead atoms. The van der Waals surface area contributed by atoms with Gasteiger partial charge in [-0.1, -0.05) is 23.5 Å². The second-order valence-electron chi connectivity index (χ2n) is 9.55. The van der Waals surface area contributed by atoms with Crippen LogP contribution in [0.5, 0.6) is 0 Å². The summed E-state index contributed by atoms with van der Waals surface area (Å²) in [7, 11) is 3.91. The van der Waals surface area contributed by atoms with Crippen molar-refractivity contribution < 1.29 is 4.39 Å². The molecule has 1 aliphatic rings. The van der Waals surface area contributed by atoms with Gasteiger partial charge in [-0.3, -0.25) is 9.80 Å². The number of pyridine rings is 1. The Morgan fingerprint density at radius 1 is 1.03 bits per heavy atom. The van der Waals surface area contributed by atoms with Crippen LogP contribution < -0.4 is 10.2 Å². The SMILES string of the molecule is CC(C)N1CCN(Cc2ccc(Nc3ncc(F)c(-c4ccc5nc(N(C)C)sc5c4)n3)nc2)CC1. The Morgan fingerprint density at radius 3 is 2.53 bits per heavy atom. The number of benzene rings is 1. The number of thiazole rings is 1. The van der Waals surface area contributed by atoms with Crippen LogP contribution in [0.15, 0.2) is 42.7 Å². The van der Waals surface area contributed by atoms with Gasteiger partial charge in [0.25, 0.3) is 0 Å². The largest absolute Gasteiger partial charge is 0.354 e. The summed E-state index contributed by atoms with van der Waals surface area (Å²) >= 11 is 1.56. The summed E-state index contributed by atoms with van der Waals surface area (Å²) in [6.07, 6.45) is 3.07.